The predicted octanol–water partition coefficient (Wildman–Crippen LogP) is 3.48. The van der Waals surface area contributed by atoms with Crippen LogP contribution in [-0.2, 0) is 9.53 Å². The van der Waals surface area contributed by atoms with Crippen molar-refractivity contribution in [1.29, 1.82) is 0 Å². The zero-order chi connectivity index (χ0) is 14.7. The highest BCUT2D eigenvalue weighted by Crippen LogP contribution is 2.17. The van der Waals surface area contributed by atoms with E-state index in [0.29, 0.717) is 6.42 Å². The summed E-state index contributed by atoms with van der Waals surface area (Å²) in [5, 5.41) is 2.67. The Hall–Kier alpha value is -1.84. The van der Waals surface area contributed by atoms with Gasteiger partial charge in [0.15, 0.2) is 0 Å². The molecule has 4 nitrogen and oxygen atoms in total. The van der Waals surface area contributed by atoms with Crippen LogP contribution in [0.5, 0.6) is 0 Å². The second-order valence-electron chi connectivity index (χ2n) is 3.70. The van der Waals surface area contributed by atoms with Crippen LogP contribution in [0.4, 0.5) is 4.79 Å². The lowest BCUT2D eigenvalue weighted by atomic mass is 10.0. The molecule has 1 aromatic rings. The fourth-order valence-electron chi connectivity index (χ4n) is 1.51. The summed E-state index contributed by atoms with van der Waals surface area (Å²) in [6, 6.07) is 9.07. The van der Waals surface area contributed by atoms with E-state index in [1.165, 1.54) is 7.11 Å². The number of alkyl carbamates (subject to hydrolysis) is 1. The second kappa shape index (κ2) is 10.1. The van der Waals surface area contributed by atoms with Gasteiger partial charge in [0.25, 0.3) is 0 Å². The Bertz CT molecular complexity index is 358. The third-order valence-electron chi connectivity index (χ3n) is 2.51. The van der Waals surface area contributed by atoms with Gasteiger partial charge in [0, 0.05) is 12.8 Å². The van der Waals surface area contributed by atoms with Crippen molar-refractivity contribution in [2.75, 3.05) is 7.11 Å². The average molecular weight is 265 g/mol. The normalized spacial score (nSPS) is 10.7. The van der Waals surface area contributed by atoms with Crippen LogP contribution in [0.2, 0.25) is 0 Å². The van der Waals surface area contributed by atoms with E-state index in [2.05, 4.69) is 10.1 Å². The smallest absolute Gasteiger partial charge is 0.407 e. The van der Waals surface area contributed by atoms with Gasteiger partial charge in [-0.15, -0.1) is 0 Å². The van der Waals surface area contributed by atoms with Gasteiger partial charge in [-0.3, -0.25) is 4.79 Å². The molecule has 19 heavy (non-hydrogen) atoms. The Morgan fingerprint density at radius 1 is 1.21 bits per heavy atom. The Morgan fingerprint density at radius 3 is 2.26 bits per heavy atom. The Morgan fingerprint density at radius 2 is 1.79 bits per heavy atom. The van der Waals surface area contributed by atoms with Gasteiger partial charge in [-0.25, -0.2) is 4.79 Å². The number of ether oxygens (including phenoxy) is 1. The number of carbonyl (C=O) groups excluding carboxylic acids is 2. The van der Waals surface area contributed by atoms with Gasteiger partial charge in [0.2, 0.25) is 0 Å². The van der Waals surface area contributed by atoms with E-state index >= 15 is 0 Å². The zero-order valence-corrected chi connectivity index (χ0v) is 12.1. The van der Waals surface area contributed by atoms with Crippen molar-refractivity contribution < 1.29 is 14.3 Å². The highest BCUT2D eigenvalue weighted by molar-refractivity contribution is 5.79. The summed E-state index contributed by atoms with van der Waals surface area (Å²) in [6.07, 6.45) is 0.227. The summed E-state index contributed by atoms with van der Waals surface area (Å²) < 4.78 is 4.56. The molecule has 1 atom stereocenters. The van der Waals surface area contributed by atoms with Crippen LogP contribution in [0, 0.1) is 0 Å². The molecule has 1 N–H and O–H groups in total. The molecule has 0 saturated carbocycles. The van der Waals surface area contributed by atoms with Crippen LogP contribution in [0.3, 0.4) is 0 Å². The minimum Gasteiger partial charge on any atom is -0.453 e. The molecule has 0 spiro atoms. The topological polar surface area (TPSA) is 55.4 Å². The van der Waals surface area contributed by atoms with Gasteiger partial charge in [0.1, 0.15) is 5.78 Å². The van der Waals surface area contributed by atoms with E-state index in [1.54, 1.807) is 0 Å². The fourth-order valence-corrected chi connectivity index (χ4v) is 1.51. The Kier molecular flexibility index (Phi) is 9.14. The molecular weight excluding hydrogens is 242 g/mol. The SMILES string of the molecule is CC.CCC(=O)CC(NC(=O)OC)c1ccccc1. The van der Waals surface area contributed by atoms with Crippen molar-refractivity contribution in [3.8, 4) is 0 Å². The van der Waals surface area contributed by atoms with Crippen molar-refractivity contribution in [2.45, 2.75) is 39.7 Å². The standard InChI is InChI=1S/C13H17NO3.C2H6/c1-3-11(15)9-12(14-13(16)17-2)10-7-5-4-6-8-10;1-2/h4-8,12H,3,9H2,1-2H3,(H,14,16);1-2H3. The third kappa shape index (κ3) is 6.60. The molecule has 1 rings (SSSR count). The maximum atomic E-state index is 11.5. The van der Waals surface area contributed by atoms with E-state index in [0.717, 1.165) is 5.56 Å². The van der Waals surface area contributed by atoms with Crippen LogP contribution in [-0.4, -0.2) is 19.0 Å². The first kappa shape index (κ1) is 17.2. The monoisotopic (exact) mass is 265 g/mol. The highest BCUT2D eigenvalue weighted by Gasteiger charge is 2.17. The molecule has 0 radical (unpaired) electrons. The molecule has 0 saturated heterocycles. The lowest BCUT2D eigenvalue weighted by Gasteiger charge is -2.17. The molecule has 106 valence electrons. The predicted molar refractivity (Wildman–Crippen MR) is 76.0 cm³/mol. The molecule has 1 aromatic carbocycles. The first-order valence-electron chi connectivity index (χ1n) is 6.58. The number of ketones is 1. The third-order valence-corrected chi connectivity index (χ3v) is 2.51. The number of nitrogens with one attached hydrogen (secondary N) is 1. The molecular formula is C15H23NO3. The first-order valence-corrected chi connectivity index (χ1v) is 6.58. The summed E-state index contributed by atoms with van der Waals surface area (Å²) in [5.74, 6) is 0.107. The number of carbonyl (C=O) groups is 2. The maximum Gasteiger partial charge on any atom is 0.407 e. The number of amides is 1. The van der Waals surface area contributed by atoms with Crippen LogP contribution in [0.1, 0.15) is 45.2 Å². The molecule has 0 aliphatic carbocycles. The Balaban J connectivity index is 0.00000154. The second-order valence-corrected chi connectivity index (χ2v) is 3.70. The molecule has 1 amide bonds. The number of hydrogen-bond donors (Lipinski definition) is 1. The number of hydrogen-bond acceptors (Lipinski definition) is 3. The van der Waals surface area contributed by atoms with Gasteiger partial charge in [-0.1, -0.05) is 51.1 Å². The lowest BCUT2D eigenvalue weighted by molar-refractivity contribution is -0.119. The number of rotatable bonds is 5. The molecule has 4 heteroatoms. The number of benzene rings is 1. The van der Waals surface area contributed by atoms with Gasteiger partial charge in [0.05, 0.1) is 13.2 Å². The summed E-state index contributed by atoms with van der Waals surface area (Å²) >= 11 is 0. The summed E-state index contributed by atoms with van der Waals surface area (Å²) in [7, 11) is 1.30. The first-order chi connectivity index (χ1) is 9.17. The molecule has 0 aliphatic rings. The van der Waals surface area contributed by atoms with Crippen molar-refractivity contribution in [1.82, 2.24) is 5.32 Å². The Labute approximate surface area is 115 Å². The average Bonchev–Trinajstić information content (AvgIpc) is 2.49. The van der Waals surface area contributed by atoms with E-state index in [4.69, 9.17) is 0 Å². The highest BCUT2D eigenvalue weighted by atomic mass is 16.5. The molecule has 0 bridgehead atoms. The summed E-state index contributed by atoms with van der Waals surface area (Å²) in [5.41, 5.74) is 0.903. The fraction of sp³-hybridized carbons (Fsp3) is 0.467. The lowest BCUT2D eigenvalue weighted by Crippen LogP contribution is -2.29. The zero-order valence-electron chi connectivity index (χ0n) is 12.1. The van der Waals surface area contributed by atoms with E-state index in [-0.39, 0.29) is 18.2 Å². The van der Waals surface area contributed by atoms with Crippen LogP contribution in [0.25, 0.3) is 0 Å². The molecule has 0 fully saturated rings. The van der Waals surface area contributed by atoms with Gasteiger partial charge < -0.3 is 10.1 Å². The summed E-state index contributed by atoms with van der Waals surface area (Å²) in [6.45, 7) is 5.81. The van der Waals surface area contributed by atoms with Gasteiger partial charge >= 0.3 is 6.09 Å². The van der Waals surface area contributed by atoms with Crippen molar-refractivity contribution in [3.63, 3.8) is 0 Å². The van der Waals surface area contributed by atoms with Crippen molar-refractivity contribution >= 4 is 11.9 Å². The largest absolute Gasteiger partial charge is 0.453 e. The van der Waals surface area contributed by atoms with E-state index in [1.807, 2.05) is 51.1 Å². The number of Topliss-reactive ketones (excluding diaryl/α,β-unsaturated/α-hetero) is 1. The molecule has 1 unspecified atom stereocenters. The minimum atomic E-state index is -0.525. The minimum absolute atomic E-state index is 0.107. The van der Waals surface area contributed by atoms with Crippen molar-refractivity contribution in [2.24, 2.45) is 0 Å². The van der Waals surface area contributed by atoms with Crippen molar-refractivity contribution in [3.05, 3.63) is 35.9 Å². The summed E-state index contributed by atoms with van der Waals surface area (Å²) in [4.78, 5) is 22.7. The van der Waals surface area contributed by atoms with Gasteiger partial charge in [-0.2, -0.15) is 0 Å². The van der Waals surface area contributed by atoms with E-state index < -0.39 is 6.09 Å². The van der Waals surface area contributed by atoms with E-state index in [9.17, 15) is 9.59 Å². The maximum absolute atomic E-state index is 11.5. The van der Waals surface area contributed by atoms with Crippen LogP contribution < -0.4 is 5.32 Å². The van der Waals surface area contributed by atoms with Crippen LogP contribution in [0.15, 0.2) is 30.3 Å². The number of methoxy groups -OCH3 is 1. The van der Waals surface area contributed by atoms with Gasteiger partial charge in [-0.05, 0) is 5.56 Å². The molecule has 0 aliphatic heterocycles. The molecule has 0 heterocycles. The quantitative estimate of drug-likeness (QED) is 0.886. The van der Waals surface area contributed by atoms with Crippen LogP contribution >= 0.6 is 0 Å². The molecule has 0 aromatic heterocycles.